The van der Waals surface area contributed by atoms with E-state index in [2.05, 4.69) is 29.7 Å². The lowest BCUT2D eigenvalue weighted by molar-refractivity contribution is -0.147. The number of carbonyl (C=O) groups excluding carboxylic acids is 1. The van der Waals surface area contributed by atoms with Gasteiger partial charge in [0.05, 0.1) is 19.9 Å². The summed E-state index contributed by atoms with van der Waals surface area (Å²) in [6, 6.07) is 11.3. The van der Waals surface area contributed by atoms with Crippen LogP contribution in [0.5, 0.6) is 0 Å². The molecule has 0 saturated carbocycles. The molecule has 3 rings (SSSR count). The predicted octanol–water partition coefficient (Wildman–Crippen LogP) is 3.54. The van der Waals surface area contributed by atoms with Crippen molar-refractivity contribution in [3.05, 3.63) is 69.8 Å². The van der Waals surface area contributed by atoms with Crippen LogP contribution in [0.15, 0.2) is 41.6 Å². The zero-order valence-corrected chi connectivity index (χ0v) is 16.7. The first-order valence-corrected chi connectivity index (χ1v) is 9.29. The number of oxime groups is 1. The first kappa shape index (κ1) is 20.0. The van der Waals surface area contributed by atoms with Crippen LogP contribution in [-0.4, -0.2) is 25.9 Å². The van der Waals surface area contributed by atoms with Gasteiger partial charge in [-0.1, -0.05) is 41.6 Å². The third-order valence-corrected chi connectivity index (χ3v) is 5.15. The first-order valence-electron chi connectivity index (χ1n) is 9.29. The number of ether oxygens (including phenoxy) is 1. The van der Waals surface area contributed by atoms with E-state index >= 15 is 0 Å². The number of hydrogen-bond acceptors (Lipinski definition) is 6. The lowest BCUT2D eigenvalue weighted by Crippen LogP contribution is -2.30. The summed E-state index contributed by atoms with van der Waals surface area (Å²) in [4.78, 5) is 22.9. The lowest BCUT2D eigenvalue weighted by Gasteiger charge is -2.19. The molecule has 148 valence electrons. The van der Waals surface area contributed by atoms with Gasteiger partial charge >= 0.3 is 5.97 Å². The smallest absolute Gasteiger partial charge is 0.329 e. The maximum absolute atomic E-state index is 12.2. The van der Waals surface area contributed by atoms with Gasteiger partial charge in [0.1, 0.15) is 6.61 Å². The molecular weight excluding hydrogens is 356 g/mol. The minimum atomic E-state index is -0.740. The fourth-order valence-corrected chi connectivity index (χ4v) is 3.62. The number of aryl methyl sites for hydroxylation is 2. The molecule has 0 bridgehead atoms. The van der Waals surface area contributed by atoms with Crippen LogP contribution in [0.1, 0.15) is 45.8 Å². The van der Waals surface area contributed by atoms with Crippen molar-refractivity contribution in [1.82, 2.24) is 5.48 Å². The van der Waals surface area contributed by atoms with Crippen molar-refractivity contribution < 1.29 is 19.2 Å². The molecule has 0 fully saturated rings. The minimum Gasteiger partial charge on any atom is -0.468 e. The van der Waals surface area contributed by atoms with Crippen molar-refractivity contribution in [2.75, 3.05) is 14.2 Å². The van der Waals surface area contributed by atoms with Crippen LogP contribution in [0.3, 0.4) is 0 Å². The largest absolute Gasteiger partial charge is 0.468 e. The van der Waals surface area contributed by atoms with E-state index in [1.807, 2.05) is 31.2 Å². The van der Waals surface area contributed by atoms with Crippen molar-refractivity contribution in [2.45, 2.75) is 39.3 Å². The Morgan fingerprint density at radius 2 is 1.86 bits per heavy atom. The topological polar surface area (TPSA) is 69.2 Å². The van der Waals surface area contributed by atoms with E-state index in [0.29, 0.717) is 0 Å². The van der Waals surface area contributed by atoms with Crippen molar-refractivity contribution >= 4 is 11.7 Å². The van der Waals surface area contributed by atoms with Gasteiger partial charge in [-0.25, -0.2) is 4.79 Å². The van der Waals surface area contributed by atoms with Gasteiger partial charge in [0.15, 0.2) is 6.04 Å². The first-order chi connectivity index (χ1) is 13.6. The minimum absolute atomic E-state index is 0.256. The van der Waals surface area contributed by atoms with Gasteiger partial charge in [-0.3, -0.25) is 0 Å². The molecule has 28 heavy (non-hydrogen) atoms. The summed E-state index contributed by atoms with van der Waals surface area (Å²) < 4.78 is 4.90. The summed E-state index contributed by atoms with van der Waals surface area (Å²) in [5.41, 5.74) is 10.1. The zero-order valence-electron chi connectivity index (χ0n) is 16.7. The molecular formula is C22H26N2O4. The molecule has 1 unspecified atom stereocenters. The number of benzene rings is 2. The average molecular weight is 382 g/mol. The second kappa shape index (κ2) is 8.99. The van der Waals surface area contributed by atoms with Gasteiger partial charge in [0.25, 0.3) is 0 Å². The molecule has 6 nitrogen and oxygen atoms in total. The molecule has 0 radical (unpaired) electrons. The number of hydrogen-bond donors (Lipinski definition) is 1. The van der Waals surface area contributed by atoms with Gasteiger partial charge in [-0.05, 0) is 48.9 Å². The average Bonchev–Trinajstić information content (AvgIpc) is 3.11. The van der Waals surface area contributed by atoms with Crippen LogP contribution < -0.4 is 5.48 Å². The second-order valence-electron chi connectivity index (χ2n) is 6.83. The van der Waals surface area contributed by atoms with Gasteiger partial charge in [-0.2, -0.15) is 5.48 Å². The quantitative estimate of drug-likeness (QED) is 0.586. The van der Waals surface area contributed by atoms with E-state index in [4.69, 9.17) is 14.4 Å². The SMILES string of the molecule is CONC(C(=O)OC)c1cccc(C)c1CO/N=C1\CCc2c(C)cccc21. The number of hydroxylamine groups is 1. The molecule has 2 aromatic carbocycles. The van der Waals surface area contributed by atoms with Gasteiger partial charge in [0.2, 0.25) is 0 Å². The Morgan fingerprint density at radius 3 is 2.61 bits per heavy atom. The Bertz CT molecular complexity index is 892. The third-order valence-electron chi connectivity index (χ3n) is 5.15. The standard InChI is InChI=1S/C22H26N2O4/c1-14-7-5-9-17-16(14)11-12-20(17)23-28-13-19-15(2)8-6-10-18(19)21(24-27-4)22(25)26-3/h5-10,21,24H,11-13H2,1-4H3/b23-20+. The Kier molecular flexibility index (Phi) is 6.44. The highest BCUT2D eigenvalue weighted by Crippen LogP contribution is 2.27. The summed E-state index contributed by atoms with van der Waals surface area (Å²) in [5.74, 6) is -0.430. The molecule has 1 aliphatic carbocycles. The highest BCUT2D eigenvalue weighted by Gasteiger charge is 2.25. The summed E-state index contributed by atoms with van der Waals surface area (Å²) in [6.45, 7) is 4.36. The molecule has 0 spiro atoms. The molecule has 0 aliphatic heterocycles. The molecule has 0 saturated heterocycles. The molecule has 1 aliphatic rings. The van der Waals surface area contributed by atoms with Crippen LogP contribution in [0.4, 0.5) is 0 Å². The van der Waals surface area contributed by atoms with Crippen molar-refractivity contribution in [3.63, 3.8) is 0 Å². The number of rotatable bonds is 7. The van der Waals surface area contributed by atoms with Crippen LogP contribution in [0, 0.1) is 13.8 Å². The molecule has 1 N–H and O–H groups in total. The monoisotopic (exact) mass is 382 g/mol. The lowest BCUT2D eigenvalue weighted by atomic mass is 9.97. The highest BCUT2D eigenvalue weighted by molar-refractivity contribution is 6.04. The van der Waals surface area contributed by atoms with E-state index in [1.165, 1.54) is 30.9 Å². The van der Waals surface area contributed by atoms with Crippen LogP contribution in [0.25, 0.3) is 0 Å². The number of fused-ring (bicyclic) bond motifs is 1. The number of nitrogens with one attached hydrogen (secondary N) is 1. The number of methoxy groups -OCH3 is 1. The number of carbonyl (C=O) groups is 1. The van der Waals surface area contributed by atoms with Gasteiger partial charge < -0.3 is 14.4 Å². The number of esters is 1. The Morgan fingerprint density at radius 1 is 1.11 bits per heavy atom. The Balaban J connectivity index is 1.82. The molecule has 0 aromatic heterocycles. The van der Waals surface area contributed by atoms with Crippen molar-refractivity contribution in [1.29, 1.82) is 0 Å². The zero-order chi connectivity index (χ0) is 20.1. The molecule has 0 heterocycles. The molecule has 1 atom stereocenters. The van der Waals surface area contributed by atoms with E-state index in [0.717, 1.165) is 35.2 Å². The Labute approximate surface area is 165 Å². The Hall–Kier alpha value is -2.70. The van der Waals surface area contributed by atoms with E-state index in [-0.39, 0.29) is 6.61 Å². The van der Waals surface area contributed by atoms with E-state index < -0.39 is 12.0 Å². The predicted molar refractivity (Wildman–Crippen MR) is 107 cm³/mol. The van der Waals surface area contributed by atoms with E-state index in [9.17, 15) is 4.79 Å². The summed E-state index contributed by atoms with van der Waals surface area (Å²) in [5, 5.41) is 4.40. The molecule has 0 amide bonds. The summed E-state index contributed by atoms with van der Waals surface area (Å²) >= 11 is 0. The van der Waals surface area contributed by atoms with Crippen LogP contribution >= 0.6 is 0 Å². The molecule has 2 aromatic rings. The normalized spacial score (nSPS) is 15.4. The fraction of sp³-hybridized carbons (Fsp3) is 0.364. The van der Waals surface area contributed by atoms with Gasteiger partial charge in [0, 0.05) is 11.1 Å². The van der Waals surface area contributed by atoms with Crippen molar-refractivity contribution in [3.8, 4) is 0 Å². The maximum Gasteiger partial charge on any atom is 0.329 e. The summed E-state index contributed by atoms with van der Waals surface area (Å²) in [6.07, 6.45) is 1.86. The maximum atomic E-state index is 12.2. The number of nitrogens with zero attached hydrogens (tertiary/aromatic N) is 1. The van der Waals surface area contributed by atoms with E-state index in [1.54, 1.807) is 0 Å². The summed E-state index contributed by atoms with van der Waals surface area (Å²) in [7, 11) is 2.82. The molecule has 6 heteroatoms. The fourth-order valence-electron chi connectivity index (χ4n) is 3.62. The van der Waals surface area contributed by atoms with Crippen molar-refractivity contribution in [2.24, 2.45) is 5.16 Å². The third kappa shape index (κ3) is 4.08. The highest BCUT2D eigenvalue weighted by atomic mass is 16.6. The van der Waals surface area contributed by atoms with Crippen LogP contribution in [-0.2, 0) is 32.2 Å². The van der Waals surface area contributed by atoms with Gasteiger partial charge in [-0.15, -0.1) is 0 Å². The van der Waals surface area contributed by atoms with Crippen LogP contribution in [0.2, 0.25) is 0 Å². The second-order valence-corrected chi connectivity index (χ2v) is 6.83.